The molecule has 20 heavy (non-hydrogen) atoms. The van der Waals surface area contributed by atoms with Gasteiger partial charge in [0.15, 0.2) is 0 Å². The molecule has 2 saturated heterocycles. The number of ether oxygens (including phenoxy) is 1. The van der Waals surface area contributed by atoms with Crippen molar-refractivity contribution >= 4 is 0 Å². The van der Waals surface area contributed by atoms with Crippen LogP contribution in [0.5, 0.6) is 0 Å². The first kappa shape index (κ1) is 14.0. The number of rotatable bonds is 4. The molecule has 3 heterocycles. The van der Waals surface area contributed by atoms with Crippen molar-refractivity contribution in [3.05, 3.63) is 30.1 Å². The lowest BCUT2D eigenvalue weighted by atomic mass is 10.0. The number of aromatic nitrogens is 1. The van der Waals surface area contributed by atoms with Crippen LogP contribution in [-0.2, 0) is 11.2 Å². The fourth-order valence-electron chi connectivity index (χ4n) is 3.58. The molecule has 0 aliphatic carbocycles. The minimum atomic E-state index is 0.775. The van der Waals surface area contributed by atoms with Crippen molar-refractivity contribution < 1.29 is 4.74 Å². The lowest BCUT2D eigenvalue weighted by Gasteiger charge is -2.26. The Bertz CT molecular complexity index is 387. The van der Waals surface area contributed by atoms with E-state index in [1.54, 1.807) is 0 Å². The molecule has 0 saturated carbocycles. The molecule has 3 rings (SSSR count). The van der Waals surface area contributed by atoms with Gasteiger partial charge in [0.05, 0.1) is 0 Å². The summed E-state index contributed by atoms with van der Waals surface area (Å²) in [6.07, 6.45) is 9.48. The summed E-state index contributed by atoms with van der Waals surface area (Å²) in [5.74, 6) is 0.862. The van der Waals surface area contributed by atoms with Crippen molar-refractivity contribution in [2.75, 3.05) is 26.3 Å². The molecule has 0 spiro atoms. The highest BCUT2D eigenvalue weighted by Crippen LogP contribution is 2.26. The second kappa shape index (κ2) is 7.19. The average Bonchev–Trinajstić information content (AvgIpc) is 2.80. The second-order valence-corrected chi connectivity index (χ2v) is 6.21. The first-order chi connectivity index (χ1) is 9.92. The average molecular weight is 274 g/mol. The summed E-state index contributed by atoms with van der Waals surface area (Å²) >= 11 is 0. The summed E-state index contributed by atoms with van der Waals surface area (Å²) < 4.78 is 5.58. The van der Waals surface area contributed by atoms with Crippen LogP contribution in [0.25, 0.3) is 0 Å². The van der Waals surface area contributed by atoms with E-state index in [1.807, 2.05) is 12.3 Å². The van der Waals surface area contributed by atoms with Crippen LogP contribution in [0.4, 0.5) is 0 Å². The molecule has 3 heteroatoms. The molecule has 2 aliphatic rings. The highest BCUT2D eigenvalue weighted by atomic mass is 16.5. The third kappa shape index (κ3) is 3.80. The van der Waals surface area contributed by atoms with Crippen molar-refractivity contribution in [2.24, 2.45) is 5.92 Å². The predicted octanol–water partition coefficient (Wildman–Crippen LogP) is 2.91. The zero-order chi connectivity index (χ0) is 13.6. The van der Waals surface area contributed by atoms with Crippen molar-refractivity contribution in [1.29, 1.82) is 0 Å². The van der Waals surface area contributed by atoms with Crippen molar-refractivity contribution in [2.45, 2.75) is 44.6 Å². The molecule has 2 fully saturated rings. The number of hydrogen-bond acceptors (Lipinski definition) is 3. The van der Waals surface area contributed by atoms with Gasteiger partial charge in [0.1, 0.15) is 0 Å². The Morgan fingerprint density at radius 1 is 1.20 bits per heavy atom. The smallest absolute Gasteiger partial charge is 0.0480 e. The Morgan fingerprint density at radius 3 is 3.10 bits per heavy atom. The first-order valence-corrected chi connectivity index (χ1v) is 8.13. The van der Waals surface area contributed by atoms with E-state index in [-0.39, 0.29) is 0 Å². The Kier molecular flexibility index (Phi) is 5.04. The number of hydrogen-bond donors (Lipinski definition) is 0. The summed E-state index contributed by atoms with van der Waals surface area (Å²) in [6.45, 7) is 4.50. The van der Waals surface area contributed by atoms with Crippen LogP contribution in [0.2, 0.25) is 0 Å². The summed E-state index contributed by atoms with van der Waals surface area (Å²) in [5, 5.41) is 0. The highest BCUT2D eigenvalue weighted by molar-refractivity contribution is 5.03. The van der Waals surface area contributed by atoms with Crippen LogP contribution in [0.15, 0.2) is 24.4 Å². The summed E-state index contributed by atoms with van der Waals surface area (Å²) in [5.41, 5.74) is 1.24. The summed E-state index contributed by atoms with van der Waals surface area (Å²) in [4.78, 5) is 7.15. The molecule has 0 bridgehead atoms. The lowest BCUT2D eigenvalue weighted by molar-refractivity contribution is 0.134. The van der Waals surface area contributed by atoms with Gasteiger partial charge in [-0.1, -0.05) is 6.07 Å². The van der Waals surface area contributed by atoms with Crippen LogP contribution < -0.4 is 0 Å². The largest absolute Gasteiger partial charge is 0.381 e. The normalized spacial score (nSPS) is 28.4. The van der Waals surface area contributed by atoms with Crippen LogP contribution in [0, 0.1) is 5.92 Å². The molecule has 0 amide bonds. The van der Waals surface area contributed by atoms with Crippen molar-refractivity contribution in [3.63, 3.8) is 0 Å². The van der Waals surface area contributed by atoms with Crippen molar-refractivity contribution in [3.8, 4) is 0 Å². The first-order valence-electron chi connectivity index (χ1n) is 8.13. The minimum Gasteiger partial charge on any atom is -0.381 e. The molecule has 2 atom stereocenters. The van der Waals surface area contributed by atoms with Gasteiger partial charge < -0.3 is 9.64 Å². The lowest BCUT2D eigenvalue weighted by Crippen LogP contribution is -2.33. The van der Waals surface area contributed by atoms with Crippen LogP contribution in [0.3, 0.4) is 0 Å². The maximum atomic E-state index is 5.58. The molecular formula is C17H26N2O. The Balaban J connectivity index is 1.44. The van der Waals surface area contributed by atoms with Gasteiger partial charge in [-0.15, -0.1) is 0 Å². The number of aryl methyl sites for hydroxylation is 1. The molecule has 1 aromatic rings. The maximum Gasteiger partial charge on any atom is 0.0480 e. The van der Waals surface area contributed by atoms with Crippen molar-refractivity contribution in [1.82, 2.24) is 9.88 Å². The number of nitrogens with zero attached hydrogens (tertiary/aromatic N) is 2. The fourth-order valence-corrected chi connectivity index (χ4v) is 3.58. The Morgan fingerprint density at radius 2 is 2.20 bits per heavy atom. The second-order valence-electron chi connectivity index (χ2n) is 6.21. The van der Waals surface area contributed by atoms with E-state index in [2.05, 4.69) is 22.0 Å². The van der Waals surface area contributed by atoms with E-state index in [4.69, 9.17) is 4.74 Å². The predicted molar refractivity (Wildman–Crippen MR) is 80.7 cm³/mol. The van der Waals surface area contributed by atoms with Gasteiger partial charge in [-0.3, -0.25) is 4.98 Å². The number of pyridine rings is 1. The van der Waals surface area contributed by atoms with Gasteiger partial charge in [-0.25, -0.2) is 0 Å². The van der Waals surface area contributed by atoms with E-state index in [9.17, 15) is 0 Å². The summed E-state index contributed by atoms with van der Waals surface area (Å²) in [7, 11) is 0. The Labute approximate surface area is 122 Å². The molecule has 0 N–H and O–H groups in total. The monoisotopic (exact) mass is 274 g/mol. The van der Waals surface area contributed by atoms with Crippen LogP contribution in [0.1, 0.15) is 37.8 Å². The standard InChI is InChI=1S/C17H26N2O/c1-2-10-18-16(4-1)7-6-15-8-11-19(14-15)17-5-3-12-20-13-9-17/h1-2,4,10,15,17H,3,5-9,11-14H2/t15-,17?/m1/s1. The number of likely N-dealkylation sites (tertiary alicyclic amines) is 1. The zero-order valence-electron chi connectivity index (χ0n) is 12.3. The molecule has 0 radical (unpaired) electrons. The molecule has 110 valence electrons. The van der Waals surface area contributed by atoms with Gasteiger partial charge in [0.25, 0.3) is 0 Å². The van der Waals surface area contributed by atoms with E-state index >= 15 is 0 Å². The molecule has 1 aromatic heterocycles. The van der Waals surface area contributed by atoms with Gasteiger partial charge in [-0.2, -0.15) is 0 Å². The molecule has 0 aromatic carbocycles. The van der Waals surface area contributed by atoms with E-state index in [1.165, 1.54) is 50.9 Å². The van der Waals surface area contributed by atoms with Crippen LogP contribution >= 0.6 is 0 Å². The van der Waals surface area contributed by atoms with E-state index < -0.39 is 0 Å². The highest BCUT2D eigenvalue weighted by Gasteiger charge is 2.28. The summed E-state index contributed by atoms with van der Waals surface area (Å²) in [6, 6.07) is 7.01. The fraction of sp³-hybridized carbons (Fsp3) is 0.706. The van der Waals surface area contributed by atoms with E-state index in [0.29, 0.717) is 0 Å². The van der Waals surface area contributed by atoms with Crippen LogP contribution in [-0.4, -0.2) is 42.2 Å². The third-order valence-corrected chi connectivity index (χ3v) is 4.79. The molecule has 2 aliphatic heterocycles. The van der Waals surface area contributed by atoms with Gasteiger partial charge in [0, 0.05) is 37.7 Å². The topological polar surface area (TPSA) is 25.4 Å². The minimum absolute atomic E-state index is 0.775. The maximum absolute atomic E-state index is 5.58. The molecule has 3 nitrogen and oxygen atoms in total. The van der Waals surface area contributed by atoms with Gasteiger partial charge in [0.2, 0.25) is 0 Å². The quantitative estimate of drug-likeness (QED) is 0.844. The zero-order valence-corrected chi connectivity index (χ0v) is 12.3. The molecule has 1 unspecified atom stereocenters. The Hall–Kier alpha value is -0.930. The van der Waals surface area contributed by atoms with E-state index in [0.717, 1.165) is 31.6 Å². The third-order valence-electron chi connectivity index (χ3n) is 4.79. The SMILES string of the molecule is c1ccc(CC[C@@H]2CCN(C3CCCOCC3)C2)nc1. The van der Waals surface area contributed by atoms with Gasteiger partial charge >= 0.3 is 0 Å². The van der Waals surface area contributed by atoms with Gasteiger partial charge in [-0.05, 0) is 63.1 Å². The molecular weight excluding hydrogens is 248 g/mol.